The highest BCUT2D eigenvalue weighted by Gasteiger charge is 2.36. The Balaban J connectivity index is 1.59. The molecule has 38 heavy (non-hydrogen) atoms. The first-order valence-corrected chi connectivity index (χ1v) is 12.8. The van der Waals surface area contributed by atoms with Gasteiger partial charge in [-0.1, -0.05) is 23.9 Å². The van der Waals surface area contributed by atoms with Crippen molar-refractivity contribution in [2.75, 3.05) is 26.1 Å². The third-order valence-corrected chi connectivity index (χ3v) is 6.87. The van der Waals surface area contributed by atoms with Gasteiger partial charge in [0, 0.05) is 18.2 Å². The number of anilines is 1. The van der Waals surface area contributed by atoms with Crippen LogP contribution in [0.1, 0.15) is 18.9 Å². The SMILES string of the molecule is CCOc1cccc(NC(=O)C2CC(=O)N(Cc3ccc(OC)c(OC)c3)C(=Nc3ccc(F)cc3)S2)c1. The number of amides is 2. The number of carbonyl (C=O) groups excluding carboxylic acids is 2. The van der Waals surface area contributed by atoms with Crippen LogP contribution in [0.4, 0.5) is 15.8 Å². The summed E-state index contributed by atoms with van der Waals surface area (Å²) in [5.74, 6) is 0.760. The minimum absolute atomic E-state index is 0.0165. The van der Waals surface area contributed by atoms with Gasteiger partial charge >= 0.3 is 0 Å². The number of aliphatic imine (C=N–C) groups is 1. The molecule has 0 aromatic heterocycles. The molecule has 1 atom stereocenters. The normalized spacial score (nSPS) is 16.3. The minimum atomic E-state index is -0.709. The van der Waals surface area contributed by atoms with E-state index in [4.69, 9.17) is 14.2 Å². The molecule has 1 aliphatic rings. The molecule has 0 spiro atoms. The topological polar surface area (TPSA) is 89.5 Å². The zero-order valence-corrected chi connectivity index (χ0v) is 22.1. The second-order valence-electron chi connectivity index (χ2n) is 8.30. The van der Waals surface area contributed by atoms with Crippen LogP contribution in [0.2, 0.25) is 0 Å². The fourth-order valence-electron chi connectivity index (χ4n) is 3.84. The highest BCUT2D eigenvalue weighted by atomic mass is 32.2. The van der Waals surface area contributed by atoms with Crippen molar-refractivity contribution >= 4 is 40.1 Å². The van der Waals surface area contributed by atoms with Gasteiger partial charge in [0.05, 0.1) is 33.1 Å². The van der Waals surface area contributed by atoms with E-state index in [0.717, 1.165) is 5.56 Å². The molecule has 0 bridgehead atoms. The van der Waals surface area contributed by atoms with Crippen molar-refractivity contribution in [2.24, 2.45) is 4.99 Å². The van der Waals surface area contributed by atoms with Gasteiger partial charge in [-0.2, -0.15) is 0 Å². The summed E-state index contributed by atoms with van der Waals surface area (Å²) in [6, 6.07) is 18.1. The number of hydrogen-bond donors (Lipinski definition) is 1. The van der Waals surface area contributed by atoms with Crippen LogP contribution < -0.4 is 19.5 Å². The van der Waals surface area contributed by atoms with Gasteiger partial charge in [0.2, 0.25) is 11.8 Å². The molecule has 3 aromatic rings. The second-order valence-corrected chi connectivity index (χ2v) is 9.47. The summed E-state index contributed by atoms with van der Waals surface area (Å²) in [6.45, 7) is 2.59. The van der Waals surface area contributed by atoms with Gasteiger partial charge in [0.25, 0.3) is 0 Å². The van der Waals surface area contributed by atoms with Gasteiger partial charge in [-0.3, -0.25) is 14.5 Å². The van der Waals surface area contributed by atoms with Crippen LogP contribution in [0.5, 0.6) is 17.2 Å². The number of carbonyl (C=O) groups is 2. The highest BCUT2D eigenvalue weighted by molar-refractivity contribution is 8.15. The average Bonchev–Trinajstić information content (AvgIpc) is 2.92. The standard InChI is InChI=1S/C28H28FN3O5S/c1-4-37-22-7-5-6-21(15-22)30-27(34)25-16-26(33)32(17-18-8-13-23(35-2)24(14-18)36-3)28(38-25)31-20-11-9-19(29)10-12-20/h5-15,25H,4,16-17H2,1-3H3,(H,30,34). The zero-order valence-electron chi connectivity index (χ0n) is 21.3. The number of thioether (sulfide) groups is 1. The van der Waals surface area contributed by atoms with Gasteiger partial charge < -0.3 is 19.5 Å². The Kier molecular flexibility index (Phi) is 8.85. The lowest BCUT2D eigenvalue weighted by Crippen LogP contribution is -2.44. The van der Waals surface area contributed by atoms with Gasteiger partial charge in [0.1, 0.15) is 16.8 Å². The van der Waals surface area contributed by atoms with E-state index in [-0.39, 0.29) is 24.8 Å². The lowest BCUT2D eigenvalue weighted by atomic mass is 10.1. The predicted octanol–water partition coefficient (Wildman–Crippen LogP) is 5.40. The summed E-state index contributed by atoms with van der Waals surface area (Å²) >= 11 is 1.18. The van der Waals surface area contributed by atoms with E-state index in [1.54, 1.807) is 43.5 Å². The average molecular weight is 538 g/mol. The number of nitrogens with zero attached hydrogens (tertiary/aromatic N) is 2. The first-order valence-electron chi connectivity index (χ1n) is 12.0. The maximum absolute atomic E-state index is 13.5. The van der Waals surface area contributed by atoms with E-state index >= 15 is 0 Å². The Morgan fingerprint density at radius 3 is 2.55 bits per heavy atom. The summed E-state index contributed by atoms with van der Waals surface area (Å²) in [7, 11) is 3.09. The van der Waals surface area contributed by atoms with E-state index in [1.807, 2.05) is 13.0 Å². The summed E-state index contributed by atoms with van der Waals surface area (Å²) < 4.78 is 29.7. The Morgan fingerprint density at radius 2 is 1.84 bits per heavy atom. The van der Waals surface area contributed by atoms with E-state index in [1.165, 1.54) is 48.0 Å². The lowest BCUT2D eigenvalue weighted by molar-refractivity contribution is -0.129. The molecule has 1 fully saturated rings. The third-order valence-electron chi connectivity index (χ3n) is 5.68. The molecule has 198 valence electrons. The fourth-order valence-corrected chi connectivity index (χ4v) is 4.94. The van der Waals surface area contributed by atoms with Crippen molar-refractivity contribution in [2.45, 2.75) is 25.1 Å². The summed E-state index contributed by atoms with van der Waals surface area (Å²) in [5.41, 5.74) is 1.82. The molecule has 1 aliphatic heterocycles. The molecule has 0 saturated carbocycles. The predicted molar refractivity (Wildman–Crippen MR) is 146 cm³/mol. The van der Waals surface area contributed by atoms with E-state index in [0.29, 0.717) is 40.4 Å². The minimum Gasteiger partial charge on any atom is -0.494 e. The number of rotatable bonds is 9. The van der Waals surface area contributed by atoms with Crippen molar-refractivity contribution in [3.8, 4) is 17.2 Å². The van der Waals surface area contributed by atoms with Crippen LogP contribution in [0.3, 0.4) is 0 Å². The molecular weight excluding hydrogens is 509 g/mol. The molecule has 4 rings (SSSR count). The summed E-state index contributed by atoms with van der Waals surface area (Å²) in [4.78, 5) is 32.6. The second kappa shape index (κ2) is 12.5. The molecule has 1 heterocycles. The fraction of sp³-hybridized carbons (Fsp3) is 0.250. The van der Waals surface area contributed by atoms with Crippen molar-refractivity contribution in [3.05, 3.63) is 78.1 Å². The number of benzene rings is 3. The van der Waals surface area contributed by atoms with Crippen molar-refractivity contribution in [3.63, 3.8) is 0 Å². The number of methoxy groups -OCH3 is 2. The van der Waals surface area contributed by atoms with Crippen LogP contribution in [0.25, 0.3) is 0 Å². The Morgan fingerprint density at radius 1 is 1.08 bits per heavy atom. The molecule has 1 N–H and O–H groups in total. The number of hydrogen-bond acceptors (Lipinski definition) is 7. The largest absolute Gasteiger partial charge is 0.494 e. The zero-order chi connectivity index (χ0) is 27.1. The van der Waals surface area contributed by atoms with E-state index < -0.39 is 11.1 Å². The molecule has 1 saturated heterocycles. The highest BCUT2D eigenvalue weighted by Crippen LogP contribution is 2.33. The van der Waals surface area contributed by atoms with Crippen LogP contribution in [0, 0.1) is 5.82 Å². The first kappa shape index (κ1) is 27.0. The maximum Gasteiger partial charge on any atom is 0.238 e. The van der Waals surface area contributed by atoms with Crippen LogP contribution >= 0.6 is 11.8 Å². The Labute approximate surface area is 224 Å². The number of nitrogens with one attached hydrogen (secondary N) is 1. The lowest BCUT2D eigenvalue weighted by Gasteiger charge is -2.32. The summed E-state index contributed by atoms with van der Waals surface area (Å²) in [6.07, 6.45) is -0.0165. The van der Waals surface area contributed by atoms with Crippen molar-refractivity contribution < 1.29 is 28.2 Å². The van der Waals surface area contributed by atoms with Crippen LogP contribution in [-0.4, -0.2) is 48.0 Å². The quantitative estimate of drug-likeness (QED) is 0.393. The molecular formula is C28H28FN3O5S. The molecule has 3 aromatic carbocycles. The van der Waals surface area contributed by atoms with E-state index in [9.17, 15) is 14.0 Å². The molecule has 0 aliphatic carbocycles. The Bertz CT molecular complexity index is 1330. The smallest absolute Gasteiger partial charge is 0.238 e. The molecule has 2 amide bonds. The monoisotopic (exact) mass is 537 g/mol. The number of ether oxygens (including phenoxy) is 3. The van der Waals surface area contributed by atoms with Crippen molar-refractivity contribution in [1.82, 2.24) is 4.90 Å². The van der Waals surface area contributed by atoms with Crippen LogP contribution in [0.15, 0.2) is 71.7 Å². The molecule has 1 unspecified atom stereocenters. The van der Waals surface area contributed by atoms with Crippen molar-refractivity contribution in [1.29, 1.82) is 0 Å². The van der Waals surface area contributed by atoms with Crippen LogP contribution in [-0.2, 0) is 16.1 Å². The molecule has 8 nitrogen and oxygen atoms in total. The van der Waals surface area contributed by atoms with Gasteiger partial charge in [0.15, 0.2) is 16.7 Å². The van der Waals surface area contributed by atoms with E-state index in [2.05, 4.69) is 10.3 Å². The number of halogens is 1. The van der Waals surface area contributed by atoms with Gasteiger partial charge in [-0.15, -0.1) is 0 Å². The first-order chi connectivity index (χ1) is 18.4. The van der Waals surface area contributed by atoms with Gasteiger partial charge in [-0.05, 0) is 61.0 Å². The summed E-state index contributed by atoms with van der Waals surface area (Å²) in [5, 5.41) is 2.50. The van der Waals surface area contributed by atoms with Gasteiger partial charge in [-0.25, -0.2) is 9.38 Å². The Hall–Kier alpha value is -4.05. The third kappa shape index (κ3) is 6.63. The molecule has 10 heteroatoms. The number of amidine groups is 1. The maximum atomic E-state index is 13.5. The molecule has 0 radical (unpaired) electrons.